The van der Waals surface area contributed by atoms with E-state index in [4.69, 9.17) is 0 Å². The number of nitrogens with one attached hydrogen (secondary N) is 1. The molecule has 418 valence electrons. The number of benzene rings is 1. The molecule has 4 aliphatic heterocycles. The molecule has 1 aromatic carbocycles. The Kier molecular flexibility index (Phi) is 39.2. The average molecular weight is 1030 g/mol. The minimum absolute atomic E-state index is 0.00939. The highest BCUT2D eigenvalue weighted by Crippen LogP contribution is 2.36. The molecule has 5 rings (SSSR count). The number of ketones is 1. The lowest BCUT2D eigenvalue weighted by atomic mass is 9.75. The van der Waals surface area contributed by atoms with Gasteiger partial charge in [0.15, 0.2) is 5.78 Å². The van der Waals surface area contributed by atoms with Crippen LogP contribution in [-0.4, -0.2) is 114 Å². The molecule has 0 aliphatic carbocycles. The first-order valence-corrected chi connectivity index (χ1v) is 27.2. The second kappa shape index (κ2) is 39.9. The van der Waals surface area contributed by atoms with Gasteiger partial charge in [-0.15, -0.1) is 0 Å². The number of carbonyl (C=O) groups excluding carboxylic acids is 6. The number of hydrogen-bond donors (Lipinski definition) is 1. The summed E-state index contributed by atoms with van der Waals surface area (Å²) in [6, 6.07) is 9.64. The zero-order chi connectivity index (χ0) is 57.7. The molecular weight excluding hydrogens is 923 g/mol. The average Bonchev–Trinajstić information content (AvgIpc) is 3.92. The number of likely N-dealkylation sites (tertiary alicyclic amines) is 4. The van der Waals surface area contributed by atoms with E-state index in [9.17, 15) is 28.8 Å². The van der Waals surface area contributed by atoms with Crippen LogP contribution in [-0.2, 0) is 35.2 Å². The smallest absolute Gasteiger partial charge is 0.298 e. The lowest BCUT2D eigenvalue weighted by Gasteiger charge is -2.45. The number of piperidine rings is 2. The second-order valence-electron chi connectivity index (χ2n) is 21.9. The van der Waals surface area contributed by atoms with E-state index >= 15 is 0 Å². The monoisotopic (exact) mass is 1030 g/mol. The predicted octanol–water partition coefficient (Wildman–Crippen LogP) is 12.2. The summed E-state index contributed by atoms with van der Waals surface area (Å²) >= 11 is 0. The van der Waals surface area contributed by atoms with Gasteiger partial charge in [0.25, 0.3) is 5.91 Å². The maximum absolute atomic E-state index is 11.5. The molecule has 11 nitrogen and oxygen atoms in total. The molecule has 1 aromatic rings. The predicted molar refractivity (Wildman–Crippen MR) is 313 cm³/mol. The molecule has 0 unspecified atom stereocenters. The van der Waals surface area contributed by atoms with Crippen LogP contribution in [0.4, 0.5) is 0 Å². The molecule has 0 atom stereocenters. The minimum Gasteiger partial charge on any atom is -0.352 e. The highest BCUT2D eigenvalue weighted by molar-refractivity contribution is 5.93. The van der Waals surface area contributed by atoms with Crippen molar-refractivity contribution >= 4 is 35.3 Å². The molecule has 1 N–H and O–H groups in total. The molecule has 0 bridgehead atoms. The first-order chi connectivity index (χ1) is 34.7. The fourth-order valence-electron chi connectivity index (χ4n) is 7.88. The van der Waals surface area contributed by atoms with Crippen LogP contribution >= 0.6 is 0 Å². The van der Waals surface area contributed by atoms with Gasteiger partial charge in [-0.05, 0) is 127 Å². The van der Waals surface area contributed by atoms with Gasteiger partial charge in [0.05, 0.1) is 0 Å². The Morgan fingerprint density at radius 2 is 0.946 bits per heavy atom. The molecule has 0 spiro atoms. The molecular formula is C63H105N5O6. The number of rotatable bonds is 9. The Bertz CT molecular complexity index is 1880. The Morgan fingerprint density at radius 3 is 1.28 bits per heavy atom. The summed E-state index contributed by atoms with van der Waals surface area (Å²) < 4.78 is 0. The number of carbonyl (C=O) groups is 6. The zero-order valence-electron chi connectivity index (χ0n) is 49.7. The van der Waals surface area contributed by atoms with Crippen molar-refractivity contribution in [1.82, 2.24) is 24.9 Å². The Hall–Kier alpha value is -5.50. The molecule has 4 fully saturated rings. The third-order valence-electron chi connectivity index (χ3n) is 12.9. The summed E-state index contributed by atoms with van der Waals surface area (Å²) in [6.45, 7) is 59.1. The molecule has 11 heteroatoms. The van der Waals surface area contributed by atoms with Crippen LogP contribution in [0.3, 0.4) is 0 Å². The summed E-state index contributed by atoms with van der Waals surface area (Å²) in [5.74, 6) is 8.10. The van der Waals surface area contributed by atoms with Gasteiger partial charge in [-0.25, -0.2) is 0 Å². The van der Waals surface area contributed by atoms with Gasteiger partial charge >= 0.3 is 0 Å². The minimum atomic E-state index is -0.0938. The van der Waals surface area contributed by atoms with Crippen LogP contribution < -0.4 is 5.32 Å². The van der Waals surface area contributed by atoms with E-state index in [0.29, 0.717) is 34.5 Å². The van der Waals surface area contributed by atoms with E-state index in [1.165, 1.54) is 30.4 Å². The van der Waals surface area contributed by atoms with E-state index in [1.807, 2.05) is 91.5 Å². The molecule has 0 aromatic heterocycles. The van der Waals surface area contributed by atoms with Gasteiger partial charge in [-0.3, -0.25) is 28.8 Å². The van der Waals surface area contributed by atoms with E-state index in [2.05, 4.69) is 112 Å². The number of nitrogens with zero attached hydrogens (tertiary/aromatic N) is 4. The zero-order valence-corrected chi connectivity index (χ0v) is 49.7. The maximum atomic E-state index is 11.5. The van der Waals surface area contributed by atoms with Gasteiger partial charge in [0, 0.05) is 65.3 Å². The normalized spacial score (nSPS) is 15.3. The van der Waals surface area contributed by atoms with Crippen molar-refractivity contribution in [3.8, 4) is 11.8 Å². The van der Waals surface area contributed by atoms with Crippen molar-refractivity contribution in [2.75, 3.05) is 58.9 Å². The molecule has 4 aliphatic rings. The maximum Gasteiger partial charge on any atom is 0.298 e. The summed E-state index contributed by atoms with van der Waals surface area (Å²) in [7, 11) is 0. The molecule has 4 saturated heterocycles. The molecule has 4 heterocycles. The second-order valence-corrected chi connectivity index (χ2v) is 21.9. The van der Waals surface area contributed by atoms with Crippen molar-refractivity contribution in [3.05, 3.63) is 99.2 Å². The van der Waals surface area contributed by atoms with Crippen LogP contribution in [0.25, 0.3) is 0 Å². The van der Waals surface area contributed by atoms with Crippen molar-refractivity contribution in [2.24, 2.45) is 39.9 Å². The topological polar surface area (TPSA) is 127 Å². The highest BCUT2D eigenvalue weighted by atomic mass is 16.2. The summed E-state index contributed by atoms with van der Waals surface area (Å²) in [5.41, 5.74) is 2.12. The third kappa shape index (κ3) is 32.6. The lowest BCUT2D eigenvalue weighted by Crippen LogP contribution is -2.54. The fourth-order valence-corrected chi connectivity index (χ4v) is 7.88. The van der Waals surface area contributed by atoms with Crippen molar-refractivity contribution < 1.29 is 28.8 Å². The van der Waals surface area contributed by atoms with Crippen LogP contribution in [0.1, 0.15) is 155 Å². The van der Waals surface area contributed by atoms with E-state index in [-0.39, 0.29) is 35.3 Å². The van der Waals surface area contributed by atoms with Crippen LogP contribution in [0, 0.1) is 51.8 Å². The summed E-state index contributed by atoms with van der Waals surface area (Å²) in [4.78, 5) is 73.5. The summed E-state index contributed by atoms with van der Waals surface area (Å²) in [5, 5.41) is 2.67. The van der Waals surface area contributed by atoms with Gasteiger partial charge in [0.2, 0.25) is 23.6 Å². The number of amides is 5. The molecule has 5 amide bonds. The van der Waals surface area contributed by atoms with Crippen LogP contribution in [0.2, 0.25) is 0 Å². The quantitative estimate of drug-likeness (QED) is 0.194. The molecule has 74 heavy (non-hydrogen) atoms. The molecule has 0 radical (unpaired) electrons. The van der Waals surface area contributed by atoms with Gasteiger partial charge in [-0.1, -0.05) is 173 Å². The Balaban J connectivity index is -0.000000813. The van der Waals surface area contributed by atoms with Crippen LogP contribution in [0.5, 0.6) is 0 Å². The van der Waals surface area contributed by atoms with E-state index < -0.39 is 0 Å². The number of allylic oxidation sites excluding steroid dienone is 1. The Labute approximate surface area is 452 Å². The van der Waals surface area contributed by atoms with Crippen molar-refractivity contribution in [1.29, 1.82) is 0 Å². The standard InChI is InChI=1S/C13H21NO.C12H21NO.C10H17NO.C10H10O.C7H11NO.C7H13NO.2C2H6/c1-5-6-12(15)14-9-7-11(8-10-14)13(2,3)4;1-5-11(14)13-8-6-10(7-9-13)12(2,3)4;1-5-9(12)11-6-8(7-11)10(2,3)4;1-2-10(11)8-9-6-4-3-5-7-9;1-2-7(9)8-5-3-4-6-8;1-4-7(9)8-5-6(2)3;2*1-2/h11H,7-10H2,1-4H3;5,10H,1,6-9H2,2-4H3;5,8H,1,6-7H2,2-4H3;2-7H,1,8H2;2H,1,3-6H2;4,6H,1,5H2,2-3H3,(H,8,9);2*1-2H3. The SMILES string of the molecule is C=CC(=O)Cc1ccccc1.C=CC(=O)N1CC(C(C)(C)C)C1.C=CC(=O)N1CCC(C(C)(C)C)CC1.C=CC(=O)N1CCCC1.C=CC(=O)NCC(C)C.CC.CC.CC#CC(=O)N1CCC(C(C)(C)C)CC1. The van der Waals surface area contributed by atoms with Gasteiger partial charge in [0.1, 0.15) is 0 Å². The fraction of sp³-hybridized carbons (Fsp3) is 0.619. The Morgan fingerprint density at radius 1 is 0.568 bits per heavy atom. The first-order valence-electron chi connectivity index (χ1n) is 27.2. The molecule has 0 saturated carbocycles. The number of hydrogen-bond acceptors (Lipinski definition) is 6. The van der Waals surface area contributed by atoms with Crippen molar-refractivity contribution in [3.63, 3.8) is 0 Å². The first kappa shape index (κ1) is 72.7. The van der Waals surface area contributed by atoms with Crippen LogP contribution in [0.15, 0.2) is 93.6 Å². The van der Waals surface area contributed by atoms with E-state index in [1.54, 1.807) is 6.92 Å². The third-order valence-corrected chi connectivity index (χ3v) is 12.9. The van der Waals surface area contributed by atoms with Gasteiger partial charge in [-0.2, -0.15) is 0 Å². The lowest BCUT2D eigenvalue weighted by molar-refractivity contribution is -0.135. The van der Waals surface area contributed by atoms with Gasteiger partial charge < -0.3 is 24.9 Å². The largest absolute Gasteiger partial charge is 0.352 e. The van der Waals surface area contributed by atoms with Crippen molar-refractivity contribution in [2.45, 2.75) is 156 Å². The highest BCUT2D eigenvalue weighted by Gasteiger charge is 2.37. The summed E-state index contributed by atoms with van der Waals surface area (Å²) in [6.07, 6.45) is 14.1. The van der Waals surface area contributed by atoms with E-state index in [0.717, 1.165) is 115 Å².